The summed E-state index contributed by atoms with van der Waals surface area (Å²) in [5.74, 6) is -0.343. The second-order valence-electron chi connectivity index (χ2n) is 5.11. The number of nitrogens with zero attached hydrogens (tertiary/aromatic N) is 2. The molecule has 1 aliphatic carbocycles. The molecule has 1 aliphatic rings. The minimum atomic E-state index is -0.758. The van der Waals surface area contributed by atoms with Crippen LogP contribution in [-0.2, 0) is 24.7 Å². The number of pyridine rings is 1. The molecule has 1 unspecified atom stereocenters. The average molecular weight is 273 g/mol. The van der Waals surface area contributed by atoms with Gasteiger partial charge in [0, 0.05) is 37.0 Å². The molecule has 2 aromatic rings. The van der Waals surface area contributed by atoms with E-state index in [-0.39, 0.29) is 11.5 Å². The normalized spacial score (nSPS) is 17.8. The molecule has 0 spiro atoms. The zero-order chi connectivity index (χ0) is 14.3. The summed E-state index contributed by atoms with van der Waals surface area (Å²) < 4.78 is 1.99. The Morgan fingerprint density at radius 3 is 2.95 bits per heavy atom. The van der Waals surface area contributed by atoms with Gasteiger partial charge in [0.1, 0.15) is 5.82 Å². The maximum absolute atomic E-state index is 11.1. The Kier molecular flexibility index (Phi) is 2.93. The average Bonchev–Trinajstić information content (AvgIpc) is 2.76. The van der Waals surface area contributed by atoms with Crippen molar-refractivity contribution in [2.45, 2.75) is 19.3 Å². The van der Waals surface area contributed by atoms with Crippen molar-refractivity contribution in [2.24, 2.45) is 13.0 Å². The fraction of sp³-hybridized carbons (Fsp3) is 0.357. The smallest absolute Gasteiger partial charge is 0.306 e. The quantitative estimate of drug-likeness (QED) is 0.853. The third-order valence-corrected chi connectivity index (χ3v) is 3.86. The lowest BCUT2D eigenvalue weighted by molar-refractivity contribution is -0.142. The molecule has 2 N–H and O–H groups in total. The van der Waals surface area contributed by atoms with E-state index in [0.29, 0.717) is 12.8 Å². The van der Waals surface area contributed by atoms with Gasteiger partial charge in [0.15, 0.2) is 0 Å². The molecule has 20 heavy (non-hydrogen) atoms. The van der Waals surface area contributed by atoms with Crippen LogP contribution in [0.15, 0.2) is 23.1 Å². The van der Waals surface area contributed by atoms with Crippen LogP contribution in [-0.4, -0.2) is 25.6 Å². The van der Waals surface area contributed by atoms with Crippen molar-refractivity contribution in [3.8, 4) is 11.4 Å². The van der Waals surface area contributed by atoms with Crippen molar-refractivity contribution in [3.63, 3.8) is 0 Å². The van der Waals surface area contributed by atoms with Gasteiger partial charge in [-0.25, -0.2) is 4.98 Å². The second-order valence-corrected chi connectivity index (χ2v) is 5.11. The maximum Gasteiger partial charge on any atom is 0.306 e. The van der Waals surface area contributed by atoms with E-state index in [1.165, 1.54) is 6.07 Å². The molecule has 0 fully saturated rings. The Bertz CT molecular complexity index is 709. The summed E-state index contributed by atoms with van der Waals surface area (Å²) in [7, 11) is 1.92. The standard InChI is InChI=1S/C14H15N3O3/c1-17-11-4-2-8(14(19)20)6-10(11)16-13(17)9-3-5-12(18)15-7-9/h3,5,7-8H,2,4,6H2,1H3,(H,15,18)(H,19,20). The number of rotatable bonds is 2. The molecule has 0 amide bonds. The van der Waals surface area contributed by atoms with Crippen molar-refractivity contribution in [2.75, 3.05) is 0 Å². The van der Waals surface area contributed by atoms with Gasteiger partial charge >= 0.3 is 5.97 Å². The van der Waals surface area contributed by atoms with E-state index in [0.717, 1.165) is 29.2 Å². The fourth-order valence-electron chi connectivity index (χ4n) is 2.73. The third-order valence-electron chi connectivity index (χ3n) is 3.86. The summed E-state index contributed by atoms with van der Waals surface area (Å²) in [4.78, 5) is 29.4. The highest BCUT2D eigenvalue weighted by atomic mass is 16.4. The van der Waals surface area contributed by atoms with Gasteiger partial charge in [0.05, 0.1) is 11.6 Å². The zero-order valence-corrected chi connectivity index (χ0v) is 11.1. The molecule has 1 atom stereocenters. The summed E-state index contributed by atoms with van der Waals surface area (Å²) in [6.45, 7) is 0. The highest BCUT2D eigenvalue weighted by molar-refractivity contribution is 5.71. The number of hydrogen-bond donors (Lipinski definition) is 2. The van der Waals surface area contributed by atoms with E-state index in [2.05, 4.69) is 9.97 Å². The van der Waals surface area contributed by atoms with Crippen molar-refractivity contribution in [3.05, 3.63) is 40.1 Å². The molecule has 2 aromatic heterocycles. The highest BCUT2D eigenvalue weighted by Crippen LogP contribution is 2.29. The van der Waals surface area contributed by atoms with Gasteiger partial charge in [-0.05, 0) is 18.9 Å². The van der Waals surface area contributed by atoms with Crippen LogP contribution in [0.5, 0.6) is 0 Å². The Hall–Kier alpha value is -2.37. The fourth-order valence-corrected chi connectivity index (χ4v) is 2.73. The molecular formula is C14H15N3O3. The summed E-state index contributed by atoms with van der Waals surface area (Å²) in [6.07, 6.45) is 3.47. The van der Waals surface area contributed by atoms with Crippen molar-refractivity contribution >= 4 is 5.97 Å². The molecule has 6 heteroatoms. The van der Waals surface area contributed by atoms with E-state index in [9.17, 15) is 9.59 Å². The molecule has 104 valence electrons. The Morgan fingerprint density at radius 1 is 1.50 bits per heavy atom. The predicted octanol–water partition coefficient (Wildman–Crippen LogP) is 0.965. The van der Waals surface area contributed by atoms with Gasteiger partial charge in [-0.1, -0.05) is 0 Å². The van der Waals surface area contributed by atoms with Gasteiger partial charge in [-0.15, -0.1) is 0 Å². The predicted molar refractivity (Wildman–Crippen MR) is 72.4 cm³/mol. The van der Waals surface area contributed by atoms with E-state index in [1.807, 2.05) is 11.6 Å². The minimum Gasteiger partial charge on any atom is -0.481 e. The minimum absolute atomic E-state index is 0.154. The van der Waals surface area contributed by atoms with Crippen molar-refractivity contribution < 1.29 is 9.90 Å². The molecular weight excluding hydrogens is 258 g/mol. The largest absolute Gasteiger partial charge is 0.481 e. The Labute approximate surface area is 115 Å². The lowest BCUT2D eigenvalue weighted by Gasteiger charge is -2.18. The first kappa shape index (κ1) is 12.7. The van der Waals surface area contributed by atoms with Gasteiger partial charge in [0.2, 0.25) is 5.56 Å². The number of aromatic amines is 1. The van der Waals surface area contributed by atoms with Crippen molar-refractivity contribution in [1.82, 2.24) is 14.5 Å². The van der Waals surface area contributed by atoms with Crippen LogP contribution in [0.2, 0.25) is 0 Å². The lowest BCUT2D eigenvalue weighted by atomic mass is 9.90. The van der Waals surface area contributed by atoms with Gasteiger partial charge in [0.25, 0.3) is 0 Å². The first-order valence-corrected chi connectivity index (χ1v) is 6.52. The van der Waals surface area contributed by atoms with Crippen LogP contribution in [0, 0.1) is 5.92 Å². The number of aliphatic carboxylic acids is 1. The third kappa shape index (κ3) is 2.03. The highest BCUT2D eigenvalue weighted by Gasteiger charge is 2.28. The van der Waals surface area contributed by atoms with Crippen LogP contribution in [0.3, 0.4) is 0 Å². The van der Waals surface area contributed by atoms with Crippen LogP contribution in [0.25, 0.3) is 11.4 Å². The molecule has 6 nitrogen and oxygen atoms in total. The van der Waals surface area contributed by atoms with Crippen LogP contribution < -0.4 is 5.56 Å². The number of carboxylic acid groups (broad SMARTS) is 1. The number of hydrogen-bond acceptors (Lipinski definition) is 3. The van der Waals surface area contributed by atoms with E-state index in [1.54, 1.807) is 12.3 Å². The Balaban J connectivity index is 2.01. The topological polar surface area (TPSA) is 88.0 Å². The number of nitrogens with one attached hydrogen (secondary N) is 1. The van der Waals surface area contributed by atoms with E-state index >= 15 is 0 Å². The number of fused-ring (bicyclic) bond motifs is 1. The van der Waals surface area contributed by atoms with Crippen LogP contribution in [0.1, 0.15) is 17.8 Å². The summed E-state index contributed by atoms with van der Waals surface area (Å²) in [5, 5.41) is 9.11. The monoisotopic (exact) mass is 273 g/mol. The number of carbonyl (C=O) groups is 1. The number of aromatic nitrogens is 3. The zero-order valence-electron chi connectivity index (χ0n) is 11.1. The van der Waals surface area contributed by atoms with E-state index < -0.39 is 5.97 Å². The van der Waals surface area contributed by atoms with Crippen LogP contribution in [0.4, 0.5) is 0 Å². The maximum atomic E-state index is 11.1. The first-order valence-electron chi connectivity index (χ1n) is 6.52. The molecule has 0 bridgehead atoms. The van der Waals surface area contributed by atoms with Gasteiger partial charge < -0.3 is 14.7 Å². The molecule has 0 aromatic carbocycles. The Morgan fingerprint density at radius 2 is 2.30 bits per heavy atom. The number of carboxylic acids is 1. The summed E-state index contributed by atoms with van der Waals surface area (Å²) in [6, 6.07) is 3.18. The number of H-pyrrole nitrogens is 1. The van der Waals surface area contributed by atoms with Crippen molar-refractivity contribution in [1.29, 1.82) is 0 Å². The molecule has 0 saturated heterocycles. The molecule has 3 rings (SSSR count). The summed E-state index contributed by atoms with van der Waals surface area (Å²) in [5.41, 5.74) is 2.61. The summed E-state index contributed by atoms with van der Waals surface area (Å²) >= 11 is 0. The SMILES string of the molecule is Cn1c(-c2ccc(=O)[nH]c2)nc2c1CCC(C(=O)O)C2. The van der Waals surface area contributed by atoms with Crippen LogP contribution >= 0.6 is 0 Å². The second kappa shape index (κ2) is 4.63. The molecule has 0 radical (unpaired) electrons. The molecule has 0 saturated carbocycles. The first-order chi connectivity index (χ1) is 9.56. The van der Waals surface area contributed by atoms with E-state index in [4.69, 9.17) is 5.11 Å². The van der Waals surface area contributed by atoms with Gasteiger partial charge in [-0.3, -0.25) is 9.59 Å². The molecule has 2 heterocycles. The number of imidazole rings is 1. The van der Waals surface area contributed by atoms with Gasteiger partial charge in [-0.2, -0.15) is 0 Å². The lowest BCUT2D eigenvalue weighted by Crippen LogP contribution is -2.22. The molecule has 0 aliphatic heterocycles.